The van der Waals surface area contributed by atoms with E-state index in [2.05, 4.69) is 28.6 Å². The standard InChI is InChI=1S/C26H42N4O2.ClH.H2O/c1-3-28(4-2)18-19-29(26(32)22-12-11-17-27-20-22)21-25(31)30(23-13-7-5-8-14-23)24-15-9-6-10-16-24;;/h11-12,17,20,23-24H,3-10,13-16,18-19,21H2,1-2H3;1H;1H2. The van der Waals surface area contributed by atoms with Crippen LogP contribution in [0.3, 0.4) is 0 Å². The molecule has 2 saturated carbocycles. The highest BCUT2D eigenvalue weighted by molar-refractivity contribution is 5.96. The van der Waals surface area contributed by atoms with Crippen LogP contribution in [0, 0.1) is 0 Å². The van der Waals surface area contributed by atoms with Gasteiger partial charge in [-0.25, -0.2) is 0 Å². The van der Waals surface area contributed by atoms with Gasteiger partial charge in [-0.2, -0.15) is 0 Å². The molecule has 2 amide bonds. The molecule has 34 heavy (non-hydrogen) atoms. The van der Waals surface area contributed by atoms with E-state index in [4.69, 9.17) is 0 Å². The highest BCUT2D eigenvalue weighted by Gasteiger charge is 2.34. The summed E-state index contributed by atoms with van der Waals surface area (Å²) in [4.78, 5) is 37.5. The summed E-state index contributed by atoms with van der Waals surface area (Å²) >= 11 is 0. The van der Waals surface area contributed by atoms with Crippen molar-refractivity contribution in [3.05, 3.63) is 30.1 Å². The maximum Gasteiger partial charge on any atom is 0.255 e. The lowest BCUT2D eigenvalue weighted by Crippen LogP contribution is -2.53. The Labute approximate surface area is 212 Å². The van der Waals surface area contributed by atoms with Gasteiger partial charge in [0.25, 0.3) is 5.91 Å². The third-order valence-electron chi connectivity index (χ3n) is 7.33. The van der Waals surface area contributed by atoms with Gasteiger partial charge in [-0.1, -0.05) is 52.4 Å². The molecule has 2 aliphatic rings. The third kappa shape index (κ3) is 8.51. The predicted octanol–water partition coefficient (Wildman–Crippen LogP) is 3.96. The van der Waals surface area contributed by atoms with Crippen LogP contribution in [0.2, 0.25) is 0 Å². The third-order valence-corrected chi connectivity index (χ3v) is 7.33. The summed E-state index contributed by atoms with van der Waals surface area (Å²) < 4.78 is 0. The van der Waals surface area contributed by atoms with E-state index in [1.807, 2.05) is 0 Å². The van der Waals surface area contributed by atoms with E-state index < -0.39 is 0 Å². The van der Waals surface area contributed by atoms with Crippen molar-refractivity contribution in [2.75, 3.05) is 32.7 Å². The number of nitrogens with zero attached hydrogens (tertiary/aromatic N) is 4. The van der Waals surface area contributed by atoms with Crippen LogP contribution in [0.5, 0.6) is 0 Å². The highest BCUT2D eigenvalue weighted by Crippen LogP contribution is 2.30. The molecule has 0 bridgehead atoms. The van der Waals surface area contributed by atoms with Crippen LogP contribution >= 0.6 is 12.4 Å². The predicted molar refractivity (Wildman–Crippen MR) is 139 cm³/mol. The number of carbonyl (C=O) groups excluding carboxylic acids is 2. The van der Waals surface area contributed by atoms with Gasteiger partial charge >= 0.3 is 0 Å². The van der Waals surface area contributed by atoms with Gasteiger partial charge in [0.15, 0.2) is 0 Å². The van der Waals surface area contributed by atoms with Gasteiger partial charge in [0.05, 0.1) is 5.56 Å². The molecule has 0 spiro atoms. The molecular formula is C26H45ClN4O3. The lowest BCUT2D eigenvalue weighted by atomic mass is 9.88. The number of rotatable bonds is 10. The largest absolute Gasteiger partial charge is 0.412 e. The van der Waals surface area contributed by atoms with Gasteiger partial charge in [0.2, 0.25) is 5.91 Å². The Bertz CT molecular complexity index is 687. The average molecular weight is 497 g/mol. The summed E-state index contributed by atoms with van der Waals surface area (Å²) in [5.74, 6) is 0.0476. The number of likely N-dealkylation sites (N-methyl/N-ethyl adjacent to an activating group) is 1. The number of amides is 2. The van der Waals surface area contributed by atoms with Crippen LogP contribution in [0.25, 0.3) is 0 Å². The van der Waals surface area contributed by atoms with Gasteiger partial charge in [-0.05, 0) is 50.9 Å². The average Bonchev–Trinajstić information content (AvgIpc) is 2.85. The normalized spacial score (nSPS) is 16.9. The zero-order chi connectivity index (χ0) is 22.8. The summed E-state index contributed by atoms with van der Waals surface area (Å²) in [5.41, 5.74) is 0.557. The minimum absolute atomic E-state index is 0. The molecule has 0 unspecified atom stereocenters. The zero-order valence-electron chi connectivity index (χ0n) is 21.1. The van der Waals surface area contributed by atoms with E-state index >= 15 is 0 Å². The van der Waals surface area contributed by atoms with Crippen molar-refractivity contribution in [2.45, 2.75) is 90.1 Å². The van der Waals surface area contributed by atoms with Gasteiger partial charge in [0, 0.05) is 37.6 Å². The fourth-order valence-electron chi connectivity index (χ4n) is 5.39. The molecule has 1 heterocycles. The number of halogens is 1. The second kappa shape index (κ2) is 16.1. The Morgan fingerprint density at radius 3 is 1.94 bits per heavy atom. The lowest BCUT2D eigenvalue weighted by Gasteiger charge is -2.42. The molecule has 1 aromatic rings. The van der Waals surface area contributed by atoms with Gasteiger partial charge < -0.3 is 20.2 Å². The van der Waals surface area contributed by atoms with Crippen LogP contribution < -0.4 is 0 Å². The van der Waals surface area contributed by atoms with Crippen LogP contribution in [0.1, 0.15) is 88.4 Å². The second-order valence-electron chi connectivity index (χ2n) is 9.38. The maximum absolute atomic E-state index is 13.8. The van der Waals surface area contributed by atoms with Crippen molar-refractivity contribution < 1.29 is 15.1 Å². The van der Waals surface area contributed by atoms with E-state index in [1.165, 1.54) is 38.5 Å². The highest BCUT2D eigenvalue weighted by atomic mass is 35.5. The van der Waals surface area contributed by atoms with Crippen molar-refractivity contribution in [2.24, 2.45) is 0 Å². The van der Waals surface area contributed by atoms with E-state index in [0.717, 1.165) is 45.3 Å². The molecule has 0 radical (unpaired) electrons. The molecule has 2 fully saturated rings. The Morgan fingerprint density at radius 1 is 0.912 bits per heavy atom. The molecule has 1 aromatic heterocycles. The van der Waals surface area contributed by atoms with Crippen molar-refractivity contribution in [3.63, 3.8) is 0 Å². The first-order chi connectivity index (χ1) is 15.6. The lowest BCUT2D eigenvalue weighted by molar-refractivity contribution is -0.138. The first-order valence-corrected chi connectivity index (χ1v) is 12.9. The minimum atomic E-state index is -0.0918. The molecule has 0 atom stereocenters. The van der Waals surface area contributed by atoms with E-state index in [1.54, 1.807) is 29.4 Å². The smallest absolute Gasteiger partial charge is 0.255 e. The second-order valence-corrected chi connectivity index (χ2v) is 9.38. The quantitative estimate of drug-likeness (QED) is 0.490. The number of carbonyl (C=O) groups is 2. The van der Waals surface area contributed by atoms with Gasteiger partial charge in [0.1, 0.15) is 6.54 Å². The topological polar surface area (TPSA) is 88.2 Å². The van der Waals surface area contributed by atoms with Crippen molar-refractivity contribution >= 4 is 24.2 Å². The molecule has 2 aliphatic carbocycles. The summed E-state index contributed by atoms with van der Waals surface area (Å²) in [6.45, 7) is 7.66. The molecular weight excluding hydrogens is 452 g/mol. The molecule has 0 aliphatic heterocycles. The summed E-state index contributed by atoms with van der Waals surface area (Å²) in [6.07, 6.45) is 15.1. The summed E-state index contributed by atoms with van der Waals surface area (Å²) in [5, 5.41) is 0. The first-order valence-electron chi connectivity index (χ1n) is 12.9. The fraction of sp³-hybridized carbons (Fsp3) is 0.731. The SMILES string of the molecule is CCN(CC)CCN(CC(=O)N(C1CCCCC1)C1CCCCC1)C(=O)c1cccnc1.Cl.O. The van der Waals surface area contributed by atoms with E-state index in [0.29, 0.717) is 24.2 Å². The Kier molecular flexibility index (Phi) is 14.3. The molecule has 7 nitrogen and oxygen atoms in total. The van der Waals surface area contributed by atoms with Crippen molar-refractivity contribution in [1.82, 2.24) is 19.7 Å². The van der Waals surface area contributed by atoms with Crippen LogP contribution in [0.4, 0.5) is 0 Å². The number of hydrogen-bond acceptors (Lipinski definition) is 4. The summed E-state index contributed by atoms with van der Waals surface area (Å²) in [7, 11) is 0. The molecule has 0 saturated heterocycles. The van der Waals surface area contributed by atoms with Gasteiger partial charge in [-0.15, -0.1) is 12.4 Å². The van der Waals surface area contributed by atoms with Crippen molar-refractivity contribution in [1.29, 1.82) is 0 Å². The monoisotopic (exact) mass is 496 g/mol. The molecule has 0 aromatic carbocycles. The maximum atomic E-state index is 13.8. The van der Waals surface area contributed by atoms with Gasteiger partial charge in [-0.3, -0.25) is 14.6 Å². The number of pyridine rings is 1. The van der Waals surface area contributed by atoms with Crippen LogP contribution in [-0.4, -0.2) is 81.8 Å². The Morgan fingerprint density at radius 2 is 1.47 bits per heavy atom. The number of aromatic nitrogens is 1. The Hall–Kier alpha value is -1.70. The van der Waals surface area contributed by atoms with E-state index in [9.17, 15) is 9.59 Å². The number of hydrogen-bond donors (Lipinski definition) is 0. The fourth-order valence-corrected chi connectivity index (χ4v) is 5.39. The molecule has 8 heteroatoms. The van der Waals surface area contributed by atoms with E-state index in [-0.39, 0.29) is 36.2 Å². The van der Waals surface area contributed by atoms with Crippen LogP contribution in [-0.2, 0) is 4.79 Å². The molecule has 2 N–H and O–H groups in total. The Balaban J connectivity index is 0.00000289. The molecule has 3 rings (SSSR count). The van der Waals surface area contributed by atoms with Crippen molar-refractivity contribution in [3.8, 4) is 0 Å². The summed E-state index contributed by atoms with van der Waals surface area (Å²) in [6, 6.07) is 4.27. The van der Waals surface area contributed by atoms with Crippen LogP contribution in [0.15, 0.2) is 24.5 Å². The zero-order valence-corrected chi connectivity index (χ0v) is 21.9. The first kappa shape index (κ1) is 30.3. The molecule has 194 valence electrons. The minimum Gasteiger partial charge on any atom is -0.412 e.